The first-order valence-corrected chi connectivity index (χ1v) is 8.97. The fraction of sp³-hybridized carbons (Fsp3) is 0.579. The maximum Gasteiger partial charge on any atom is 0.193 e. The summed E-state index contributed by atoms with van der Waals surface area (Å²) in [4.78, 5) is 8.69. The van der Waals surface area contributed by atoms with Crippen molar-refractivity contribution in [3.8, 4) is 0 Å². The summed E-state index contributed by atoms with van der Waals surface area (Å²) >= 11 is 0. The Morgan fingerprint density at radius 3 is 2.56 bits per heavy atom. The number of aliphatic imine (C=N–C) groups is 1. The van der Waals surface area contributed by atoms with Gasteiger partial charge in [0.25, 0.3) is 0 Å². The number of hydrogen-bond acceptors (Lipinski definition) is 4. The molecular weight excluding hydrogens is 455 g/mol. The van der Waals surface area contributed by atoms with Crippen LogP contribution in [-0.2, 0) is 13.6 Å². The van der Waals surface area contributed by atoms with Crippen LogP contribution in [0.1, 0.15) is 42.8 Å². The topological polar surface area (TPSA) is 61.8 Å². The van der Waals surface area contributed by atoms with E-state index in [1.54, 1.807) is 6.26 Å². The molecule has 27 heavy (non-hydrogen) atoms. The number of guanidine groups is 1. The molecule has 2 heterocycles. The maximum absolute atomic E-state index is 5.58. The first-order valence-electron chi connectivity index (χ1n) is 8.97. The van der Waals surface area contributed by atoms with Crippen molar-refractivity contribution < 1.29 is 4.42 Å². The van der Waals surface area contributed by atoms with Gasteiger partial charge in [-0.15, -0.1) is 24.0 Å². The quantitative estimate of drug-likeness (QED) is 0.369. The van der Waals surface area contributed by atoms with Crippen LogP contribution < -0.4 is 5.32 Å². The average molecular weight is 488 g/mol. The third-order valence-electron chi connectivity index (χ3n) is 4.41. The minimum atomic E-state index is 0. The van der Waals surface area contributed by atoms with Gasteiger partial charge in [0.2, 0.25) is 0 Å². The Labute approximate surface area is 179 Å². The van der Waals surface area contributed by atoms with E-state index in [0.29, 0.717) is 12.5 Å². The first-order chi connectivity index (χ1) is 12.3. The van der Waals surface area contributed by atoms with Crippen molar-refractivity contribution in [3.05, 3.63) is 41.6 Å². The molecule has 0 spiro atoms. The Kier molecular flexibility index (Phi) is 9.31. The summed E-state index contributed by atoms with van der Waals surface area (Å²) in [5, 5.41) is 8.05. The number of aryl methyl sites for hydroxylation is 1. The molecule has 2 aromatic rings. The lowest BCUT2D eigenvalue weighted by Gasteiger charge is -2.27. The Morgan fingerprint density at radius 2 is 2.04 bits per heavy atom. The number of nitrogens with one attached hydrogen (secondary N) is 1. The first kappa shape index (κ1) is 23.5. The molecule has 0 bridgehead atoms. The van der Waals surface area contributed by atoms with Crippen molar-refractivity contribution >= 4 is 29.9 Å². The molecule has 7 nitrogen and oxygen atoms in total. The van der Waals surface area contributed by atoms with E-state index in [2.05, 4.69) is 45.3 Å². The summed E-state index contributed by atoms with van der Waals surface area (Å²) in [5.41, 5.74) is 2.36. The molecule has 2 rings (SSSR count). The number of aromatic nitrogens is 2. The molecule has 1 N–H and O–H groups in total. The van der Waals surface area contributed by atoms with Crippen molar-refractivity contribution in [2.24, 2.45) is 12.0 Å². The normalized spacial score (nSPS) is 13.0. The fourth-order valence-corrected chi connectivity index (χ4v) is 3.08. The smallest absolute Gasteiger partial charge is 0.193 e. The molecule has 0 aliphatic carbocycles. The lowest BCUT2D eigenvalue weighted by atomic mass is 10.1. The van der Waals surface area contributed by atoms with Crippen molar-refractivity contribution in [2.75, 3.05) is 34.7 Å². The van der Waals surface area contributed by atoms with Crippen molar-refractivity contribution in [3.63, 3.8) is 0 Å². The highest BCUT2D eigenvalue weighted by Crippen LogP contribution is 2.19. The molecule has 0 radical (unpaired) electrons. The summed E-state index contributed by atoms with van der Waals surface area (Å²) in [6, 6.07) is 4.06. The van der Waals surface area contributed by atoms with Crippen LogP contribution in [0.3, 0.4) is 0 Å². The van der Waals surface area contributed by atoms with Crippen molar-refractivity contribution in [2.45, 2.75) is 32.4 Å². The maximum atomic E-state index is 5.58. The molecule has 0 fully saturated rings. The van der Waals surface area contributed by atoms with Gasteiger partial charge in [-0.3, -0.25) is 14.6 Å². The van der Waals surface area contributed by atoms with E-state index in [1.165, 1.54) is 5.56 Å². The molecule has 0 aromatic carbocycles. The minimum absolute atomic E-state index is 0. The van der Waals surface area contributed by atoms with Gasteiger partial charge in [-0.1, -0.05) is 13.8 Å². The number of rotatable bonds is 7. The van der Waals surface area contributed by atoms with Gasteiger partial charge in [0.05, 0.1) is 18.0 Å². The molecule has 0 aliphatic rings. The number of furan rings is 1. The molecule has 152 valence electrons. The summed E-state index contributed by atoms with van der Waals surface area (Å²) in [6.07, 6.45) is 3.80. The summed E-state index contributed by atoms with van der Waals surface area (Å²) in [7, 11) is 9.91. The van der Waals surface area contributed by atoms with Gasteiger partial charge in [0.15, 0.2) is 5.96 Å². The summed E-state index contributed by atoms with van der Waals surface area (Å²) < 4.78 is 7.46. The lowest BCUT2D eigenvalue weighted by molar-refractivity contribution is 0.256. The van der Waals surface area contributed by atoms with Crippen LogP contribution in [0.15, 0.2) is 34.0 Å². The van der Waals surface area contributed by atoms with Crippen LogP contribution in [0.4, 0.5) is 0 Å². The van der Waals surface area contributed by atoms with Gasteiger partial charge >= 0.3 is 0 Å². The molecular formula is C19H33IN6O. The third kappa shape index (κ3) is 6.24. The number of halogens is 1. The van der Waals surface area contributed by atoms with Crippen LogP contribution in [0.5, 0.6) is 0 Å². The highest BCUT2D eigenvalue weighted by atomic mass is 127. The predicted molar refractivity (Wildman–Crippen MR) is 121 cm³/mol. The highest BCUT2D eigenvalue weighted by Gasteiger charge is 2.19. The van der Waals surface area contributed by atoms with E-state index in [1.807, 2.05) is 52.1 Å². The standard InChI is InChI=1S/C19H32N6O.HI/c1-14(2)18-15(13-25(7)22-18)12-24(6)19(20-3)21-11-16(23(4)5)17-9-8-10-26-17;/h8-10,13-14,16H,11-12H2,1-7H3,(H,20,21);1H. The van der Waals surface area contributed by atoms with Crippen LogP contribution >= 0.6 is 24.0 Å². The molecule has 8 heteroatoms. The monoisotopic (exact) mass is 488 g/mol. The van der Waals surface area contributed by atoms with E-state index in [0.717, 1.165) is 24.0 Å². The Hall–Kier alpha value is -1.55. The second kappa shape index (κ2) is 10.7. The van der Waals surface area contributed by atoms with Gasteiger partial charge in [-0.2, -0.15) is 5.10 Å². The van der Waals surface area contributed by atoms with Crippen LogP contribution in [0.25, 0.3) is 0 Å². The average Bonchev–Trinajstić information content (AvgIpc) is 3.21. The Morgan fingerprint density at radius 1 is 1.33 bits per heavy atom. The zero-order valence-corrected chi connectivity index (χ0v) is 19.8. The Bertz CT molecular complexity index is 708. The number of hydrogen-bond donors (Lipinski definition) is 1. The van der Waals surface area contributed by atoms with Gasteiger partial charge < -0.3 is 14.6 Å². The van der Waals surface area contributed by atoms with Crippen LogP contribution in [0, 0.1) is 0 Å². The molecule has 0 saturated carbocycles. The van der Waals surface area contributed by atoms with Crippen molar-refractivity contribution in [1.29, 1.82) is 0 Å². The molecule has 0 aliphatic heterocycles. The fourth-order valence-electron chi connectivity index (χ4n) is 3.08. The van der Waals surface area contributed by atoms with Gasteiger partial charge in [-0.25, -0.2) is 0 Å². The minimum Gasteiger partial charge on any atom is -0.468 e. The van der Waals surface area contributed by atoms with Crippen LogP contribution in [0.2, 0.25) is 0 Å². The van der Waals surface area contributed by atoms with E-state index >= 15 is 0 Å². The van der Waals surface area contributed by atoms with Crippen LogP contribution in [-0.4, -0.2) is 60.3 Å². The van der Waals surface area contributed by atoms with E-state index in [9.17, 15) is 0 Å². The molecule has 0 amide bonds. The van der Waals surface area contributed by atoms with Gasteiger partial charge in [-0.05, 0) is 32.1 Å². The van der Waals surface area contributed by atoms with Crippen molar-refractivity contribution in [1.82, 2.24) is 24.9 Å². The SMILES string of the molecule is CN=C(NCC(c1ccco1)N(C)C)N(C)Cc1cn(C)nc1C(C)C.I. The highest BCUT2D eigenvalue weighted by molar-refractivity contribution is 14.0. The molecule has 2 aromatic heterocycles. The summed E-state index contributed by atoms with van der Waals surface area (Å²) in [6.45, 7) is 5.81. The molecule has 1 atom stereocenters. The second-order valence-electron chi connectivity index (χ2n) is 7.15. The number of likely N-dealkylation sites (N-methyl/N-ethyl adjacent to an activating group) is 1. The molecule has 0 saturated heterocycles. The largest absolute Gasteiger partial charge is 0.468 e. The van der Waals surface area contributed by atoms with Gasteiger partial charge in [0.1, 0.15) is 5.76 Å². The van der Waals surface area contributed by atoms with E-state index < -0.39 is 0 Å². The van der Waals surface area contributed by atoms with E-state index in [-0.39, 0.29) is 30.0 Å². The third-order valence-corrected chi connectivity index (χ3v) is 4.41. The summed E-state index contributed by atoms with van der Waals surface area (Å²) in [5.74, 6) is 2.18. The Balaban J connectivity index is 0.00000364. The zero-order chi connectivity index (χ0) is 19.3. The zero-order valence-electron chi connectivity index (χ0n) is 17.4. The second-order valence-corrected chi connectivity index (χ2v) is 7.15. The number of nitrogens with zero attached hydrogens (tertiary/aromatic N) is 5. The van der Waals surface area contributed by atoms with E-state index in [4.69, 9.17) is 4.42 Å². The lowest BCUT2D eigenvalue weighted by Crippen LogP contribution is -2.42. The molecule has 1 unspecified atom stereocenters. The van der Waals surface area contributed by atoms with Gasteiger partial charge in [0, 0.05) is 46.0 Å². The predicted octanol–water partition coefficient (Wildman–Crippen LogP) is 3.06.